The summed E-state index contributed by atoms with van der Waals surface area (Å²) in [6.07, 6.45) is 0. The van der Waals surface area contributed by atoms with Gasteiger partial charge in [-0.1, -0.05) is 17.7 Å². The third-order valence-corrected chi connectivity index (χ3v) is 3.89. The number of benzene rings is 2. The summed E-state index contributed by atoms with van der Waals surface area (Å²) >= 11 is 5.94. The molecule has 0 aliphatic carbocycles. The number of nitrogens with one attached hydrogen (secondary N) is 2. The van der Waals surface area contributed by atoms with Gasteiger partial charge in [-0.2, -0.15) is 0 Å². The van der Waals surface area contributed by atoms with E-state index in [-0.39, 0.29) is 18.4 Å². The molecule has 0 unspecified atom stereocenters. The van der Waals surface area contributed by atoms with Crippen molar-refractivity contribution in [2.45, 2.75) is 13.8 Å². The largest absolute Gasteiger partial charge is 0.376 e. The predicted octanol–water partition coefficient (Wildman–Crippen LogP) is 3.68. The van der Waals surface area contributed by atoms with Gasteiger partial charge in [0.25, 0.3) is 0 Å². The second-order valence-corrected chi connectivity index (χ2v) is 5.92. The van der Waals surface area contributed by atoms with E-state index in [4.69, 9.17) is 11.6 Å². The van der Waals surface area contributed by atoms with E-state index < -0.39 is 0 Å². The van der Waals surface area contributed by atoms with Gasteiger partial charge in [0.15, 0.2) is 0 Å². The first-order valence-corrected chi connectivity index (χ1v) is 7.89. The van der Waals surface area contributed by atoms with Gasteiger partial charge in [0, 0.05) is 36.1 Å². The minimum atomic E-state index is -0.162. The van der Waals surface area contributed by atoms with Crippen molar-refractivity contribution < 1.29 is 9.59 Å². The van der Waals surface area contributed by atoms with Crippen LogP contribution in [-0.4, -0.2) is 25.4 Å². The molecule has 126 valence electrons. The maximum Gasteiger partial charge on any atom is 0.243 e. The first-order chi connectivity index (χ1) is 11.4. The lowest BCUT2D eigenvalue weighted by molar-refractivity contribution is -0.116. The molecule has 0 saturated heterocycles. The van der Waals surface area contributed by atoms with Crippen molar-refractivity contribution in [2.24, 2.45) is 0 Å². The van der Waals surface area contributed by atoms with E-state index in [1.54, 1.807) is 24.1 Å². The first kappa shape index (κ1) is 17.8. The predicted molar refractivity (Wildman–Crippen MR) is 98.8 cm³/mol. The number of aryl methyl sites for hydroxylation is 1. The lowest BCUT2D eigenvalue weighted by atomic mass is 10.2. The fourth-order valence-electron chi connectivity index (χ4n) is 2.09. The van der Waals surface area contributed by atoms with Gasteiger partial charge in [0.1, 0.15) is 0 Å². The van der Waals surface area contributed by atoms with Crippen molar-refractivity contribution in [1.82, 2.24) is 0 Å². The van der Waals surface area contributed by atoms with Crippen molar-refractivity contribution in [3.63, 3.8) is 0 Å². The van der Waals surface area contributed by atoms with Gasteiger partial charge in [-0.25, -0.2) is 0 Å². The zero-order valence-corrected chi connectivity index (χ0v) is 14.6. The third kappa shape index (κ3) is 4.73. The molecule has 0 saturated carbocycles. The molecular weight excluding hydrogens is 326 g/mol. The van der Waals surface area contributed by atoms with Gasteiger partial charge in [-0.3, -0.25) is 9.59 Å². The lowest BCUT2D eigenvalue weighted by Gasteiger charge is -2.15. The highest BCUT2D eigenvalue weighted by Crippen LogP contribution is 2.20. The average molecular weight is 346 g/mol. The van der Waals surface area contributed by atoms with Crippen molar-refractivity contribution >= 4 is 40.5 Å². The number of nitrogens with zero attached hydrogens (tertiary/aromatic N) is 1. The van der Waals surface area contributed by atoms with Gasteiger partial charge >= 0.3 is 0 Å². The molecule has 5 nitrogen and oxygen atoms in total. The molecule has 6 heteroatoms. The molecule has 2 aromatic rings. The normalized spacial score (nSPS) is 10.2. The Hall–Kier alpha value is -2.53. The quantitative estimate of drug-likeness (QED) is 0.869. The summed E-state index contributed by atoms with van der Waals surface area (Å²) in [6, 6.07) is 12.7. The SMILES string of the molecule is CC(=O)N(C)c1ccc(NCC(=O)Nc2cc(Cl)ccc2C)cc1. The van der Waals surface area contributed by atoms with E-state index in [1.165, 1.54) is 6.92 Å². The minimum absolute atomic E-state index is 0.0352. The van der Waals surface area contributed by atoms with Crippen molar-refractivity contribution in [2.75, 3.05) is 29.1 Å². The van der Waals surface area contributed by atoms with Gasteiger partial charge in [0.05, 0.1) is 6.54 Å². The van der Waals surface area contributed by atoms with E-state index in [9.17, 15) is 9.59 Å². The molecular formula is C18H20ClN3O2. The Labute approximate surface area is 146 Å². The zero-order chi connectivity index (χ0) is 17.7. The molecule has 2 rings (SSSR count). The van der Waals surface area contributed by atoms with Crippen LogP contribution in [0.15, 0.2) is 42.5 Å². The number of hydrogen-bond acceptors (Lipinski definition) is 3. The van der Waals surface area contributed by atoms with E-state index >= 15 is 0 Å². The van der Waals surface area contributed by atoms with E-state index in [2.05, 4.69) is 10.6 Å². The Morgan fingerprint density at radius 3 is 2.42 bits per heavy atom. The summed E-state index contributed by atoms with van der Waals surface area (Å²) in [7, 11) is 1.71. The topological polar surface area (TPSA) is 61.4 Å². The molecule has 2 N–H and O–H groups in total. The second kappa shape index (κ2) is 7.84. The van der Waals surface area contributed by atoms with Crippen molar-refractivity contribution in [3.8, 4) is 0 Å². The molecule has 0 radical (unpaired) electrons. The Morgan fingerprint density at radius 2 is 1.79 bits per heavy atom. The van der Waals surface area contributed by atoms with Crippen LogP contribution >= 0.6 is 11.6 Å². The van der Waals surface area contributed by atoms with Crippen LogP contribution in [0.4, 0.5) is 17.1 Å². The van der Waals surface area contributed by atoms with Gasteiger partial charge in [0.2, 0.25) is 11.8 Å². The summed E-state index contributed by atoms with van der Waals surface area (Å²) in [5.41, 5.74) is 3.25. The summed E-state index contributed by atoms with van der Waals surface area (Å²) in [5.74, 6) is -0.197. The van der Waals surface area contributed by atoms with Crippen LogP contribution in [0.2, 0.25) is 5.02 Å². The van der Waals surface area contributed by atoms with E-state index in [1.807, 2.05) is 37.3 Å². The standard InChI is InChI=1S/C18H20ClN3O2/c1-12-4-5-14(19)10-17(12)21-18(24)11-20-15-6-8-16(9-7-15)22(3)13(2)23/h4-10,20H,11H2,1-3H3,(H,21,24). The monoisotopic (exact) mass is 345 g/mol. The highest BCUT2D eigenvalue weighted by Gasteiger charge is 2.07. The van der Waals surface area contributed by atoms with E-state index in [0.29, 0.717) is 10.7 Å². The van der Waals surface area contributed by atoms with Crippen LogP contribution in [0.5, 0.6) is 0 Å². The Balaban J connectivity index is 1.92. The van der Waals surface area contributed by atoms with E-state index in [0.717, 1.165) is 16.9 Å². The Kier molecular flexibility index (Phi) is 5.82. The van der Waals surface area contributed by atoms with Crippen LogP contribution in [0.3, 0.4) is 0 Å². The van der Waals surface area contributed by atoms with Gasteiger partial charge < -0.3 is 15.5 Å². The molecule has 0 spiro atoms. The molecule has 0 aliphatic heterocycles. The highest BCUT2D eigenvalue weighted by atomic mass is 35.5. The summed E-state index contributed by atoms with van der Waals surface area (Å²) < 4.78 is 0. The molecule has 0 bridgehead atoms. The van der Waals surface area contributed by atoms with Crippen LogP contribution < -0.4 is 15.5 Å². The average Bonchev–Trinajstić information content (AvgIpc) is 2.56. The molecule has 24 heavy (non-hydrogen) atoms. The molecule has 0 aliphatic rings. The number of carbonyl (C=O) groups is 2. The maximum atomic E-state index is 12.0. The minimum Gasteiger partial charge on any atom is -0.376 e. The third-order valence-electron chi connectivity index (χ3n) is 3.65. The molecule has 0 atom stereocenters. The second-order valence-electron chi connectivity index (χ2n) is 5.49. The number of halogens is 1. The molecule has 0 fully saturated rings. The first-order valence-electron chi connectivity index (χ1n) is 7.51. The van der Waals surface area contributed by atoms with Crippen LogP contribution in [0, 0.1) is 6.92 Å². The van der Waals surface area contributed by atoms with Crippen molar-refractivity contribution in [1.29, 1.82) is 0 Å². The van der Waals surface area contributed by atoms with Crippen LogP contribution in [0.1, 0.15) is 12.5 Å². The number of hydrogen-bond donors (Lipinski definition) is 2. The lowest BCUT2D eigenvalue weighted by Crippen LogP contribution is -2.23. The summed E-state index contributed by atoms with van der Waals surface area (Å²) in [4.78, 5) is 24.9. The number of carbonyl (C=O) groups excluding carboxylic acids is 2. The molecule has 0 heterocycles. The van der Waals surface area contributed by atoms with Gasteiger partial charge in [-0.05, 0) is 48.9 Å². The number of anilines is 3. The smallest absolute Gasteiger partial charge is 0.243 e. The number of amides is 2. The molecule has 2 aromatic carbocycles. The summed E-state index contributed by atoms with van der Waals surface area (Å²) in [6.45, 7) is 3.55. The number of rotatable bonds is 5. The highest BCUT2D eigenvalue weighted by molar-refractivity contribution is 6.31. The van der Waals surface area contributed by atoms with Crippen LogP contribution in [0.25, 0.3) is 0 Å². The Bertz CT molecular complexity index is 744. The van der Waals surface area contributed by atoms with Crippen LogP contribution in [-0.2, 0) is 9.59 Å². The molecule has 2 amide bonds. The molecule has 0 aromatic heterocycles. The Morgan fingerprint density at radius 1 is 1.12 bits per heavy atom. The summed E-state index contributed by atoms with van der Waals surface area (Å²) in [5, 5.41) is 6.45. The van der Waals surface area contributed by atoms with Crippen molar-refractivity contribution in [3.05, 3.63) is 53.1 Å². The fourth-order valence-corrected chi connectivity index (χ4v) is 2.26. The maximum absolute atomic E-state index is 12.0. The fraction of sp³-hybridized carbons (Fsp3) is 0.222. The van der Waals surface area contributed by atoms with Gasteiger partial charge in [-0.15, -0.1) is 0 Å². The zero-order valence-electron chi connectivity index (χ0n) is 13.9.